The number of rotatable bonds is 5. The molecule has 0 radical (unpaired) electrons. The minimum Gasteiger partial charge on any atom is -0.494 e. The Bertz CT molecular complexity index is 371. The standard InChI is InChI=1S/C11H13NO4/c1-2-16-8-5-3-7(4-6-8)9(10(12)13)11(14)15/h3-6,9H,2H2,1H3,(H2,12,13)(H,14,15). The summed E-state index contributed by atoms with van der Waals surface area (Å²) in [6, 6.07) is 6.26. The summed E-state index contributed by atoms with van der Waals surface area (Å²) in [6.45, 7) is 2.37. The number of hydrogen-bond donors (Lipinski definition) is 2. The maximum atomic E-state index is 11.0. The lowest BCUT2D eigenvalue weighted by Gasteiger charge is -2.09. The third-order valence-corrected chi connectivity index (χ3v) is 2.06. The zero-order chi connectivity index (χ0) is 12.1. The molecule has 1 atom stereocenters. The topological polar surface area (TPSA) is 89.6 Å². The molecule has 0 saturated heterocycles. The van der Waals surface area contributed by atoms with Crippen LogP contribution in [0.3, 0.4) is 0 Å². The number of carbonyl (C=O) groups is 2. The number of aliphatic carboxylic acids is 1. The monoisotopic (exact) mass is 223 g/mol. The highest BCUT2D eigenvalue weighted by Crippen LogP contribution is 2.19. The summed E-state index contributed by atoms with van der Waals surface area (Å²) in [7, 11) is 0. The number of carbonyl (C=O) groups excluding carboxylic acids is 1. The second kappa shape index (κ2) is 5.16. The average molecular weight is 223 g/mol. The lowest BCUT2D eigenvalue weighted by atomic mass is 9.99. The molecule has 0 aliphatic heterocycles. The SMILES string of the molecule is CCOc1ccc(C(C(N)=O)C(=O)O)cc1. The van der Waals surface area contributed by atoms with E-state index >= 15 is 0 Å². The van der Waals surface area contributed by atoms with Gasteiger partial charge in [-0.05, 0) is 24.6 Å². The maximum Gasteiger partial charge on any atom is 0.320 e. The summed E-state index contributed by atoms with van der Waals surface area (Å²) in [4.78, 5) is 21.8. The van der Waals surface area contributed by atoms with Crippen molar-refractivity contribution in [2.75, 3.05) is 6.61 Å². The second-order valence-electron chi connectivity index (χ2n) is 3.18. The molecule has 86 valence electrons. The van der Waals surface area contributed by atoms with Crippen LogP contribution in [-0.2, 0) is 9.59 Å². The quantitative estimate of drug-likeness (QED) is 0.720. The molecule has 3 N–H and O–H groups in total. The van der Waals surface area contributed by atoms with Gasteiger partial charge < -0.3 is 15.6 Å². The Balaban J connectivity index is 2.94. The van der Waals surface area contributed by atoms with Gasteiger partial charge in [-0.3, -0.25) is 9.59 Å². The maximum absolute atomic E-state index is 11.0. The van der Waals surface area contributed by atoms with Gasteiger partial charge in [0.2, 0.25) is 5.91 Å². The van der Waals surface area contributed by atoms with Crippen LogP contribution in [0.15, 0.2) is 24.3 Å². The van der Waals surface area contributed by atoms with E-state index in [1.807, 2.05) is 6.92 Å². The molecule has 0 saturated carbocycles. The fourth-order valence-corrected chi connectivity index (χ4v) is 1.35. The molecule has 0 aromatic heterocycles. The number of amides is 1. The van der Waals surface area contributed by atoms with E-state index < -0.39 is 17.8 Å². The molecule has 5 nitrogen and oxygen atoms in total. The van der Waals surface area contributed by atoms with Crippen LogP contribution in [0.4, 0.5) is 0 Å². The third kappa shape index (κ3) is 2.73. The van der Waals surface area contributed by atoms with Crippen molar-refractivity contribution in [3.8, 4) is 5.75 Å². The summed E-state index contributed by atoms with van der Waals surface area (Å²) < 4.78 is 5.20. The Morgan fingerprint density at radius 3 is 2.31 bits per heavy atom. The van der Waals surface area contributed by atoms with Crippen LogP contribution >= 0.6 is 0 Å². The first-order chi connectivity index (χ1) is 7.56. The molecule has 1 rings (SSSR count). The largest absolute Gasteiger partial charge is 0.494 e. The fourth-order valence-electron chi connectivity index (χ4n) is 1.35. The molecule has 1 amide bonds. The number of nitrogens with two attached hydrogens (primary N) is 1. The Kier molecular flexibility index (Phi) is 3.88. The Labute approximate surface area is 92.8 Å². The third-order valence-electron chi connectivity index (χ3n) is 2.06. The van der Waals surface area contributed by atoms with E-state index in [9.17, 15) is 9.59 Å². The number of ether oxygens (including phenoxy) is 1. The van der Waals surface area contributed by atoms with E-state index in [2.05, 4.69) is 0 Å². The van der Waals surface area contributed by atoms with Crippen LogP contribution in [0.25, 0.3) is 0 Å². The molecule has 0 bridgehead atoms. The zero-order valence-corrected chi connectivity index (χ0v) is 8.84. The van der Waals surface area contributed by atoms with Crippen LogP contribution in [0.5, 0.6) is 5.75 Å². The highest BCUT2D eigenvalue weighted by Gasteiger charge is 2.25. The van der Waals surface area contributed by atoms with Crippen molar-refractivity contribution in [3.63, 3.8) is 0 Å². The molecule has 1 unspecified atom stereocenters. The number of carboxylic acids is 1. The van der Waals surface area contributed by atoms with E-state index in [1.165, 1.54) is 12.1 Å². The van der Waals surface area contributed by atoms with Gasteiger partial charge in [0.1, 0.15) is 5.75 Å². The molecule has 1 aromatic carbocycles. The smallest absolute Gasteiger partial charge is 0.320 e. The van der Waals surface area contributed by atoms with Gasteiger partial charge in [-0.15, -0.1) is 0 Å². The van der Waals surface area contributed by atoms with E-state index in [1.54, 1.807) is 12.1 Å². The highest BCUT2D eigenvalue weighted by atomic mass is 16.5. The van der Waals surface area contributed by atoms with Gasteiger partial charge in [0, 0.05) is 0 Å². The molecule has 0 fully saturated rings. The van der Waals surface area contributed by atoms with Crippen LogP contribution in [0.1, 0.15) is 18.4 Å². The Morgan fingerprint density at radius 2 is 1.94 bits per heavy atom. The van der Waals surface area contributed by atoms with Gasteiger partial charge in [0.05, 0.1) is 6.61 Å². The van der Waals surface area contributed by atoms with Crippen LogP contribution in [-0.4, -0.2) is 23.6 Å². The van der Waals surface area contributed by atoms with Crippen molar-refractivity contribution in [2.45, 2.75) is 12.8 Å². The molecule has 0 spiro atoms. The fraction of sp³-hybridized carbons (Fsp3) is 0.273. The summed E-state index contributed by atoms with van der Waals surface area (Å²) in [5, 5.41) is 8.84. The van der Waals surface area contributed by atoms with Crippen molar-refractivity contribution in [3.05, 3.63) is 29.8 Å². The van der Waals surface area contributed by atoms with Gasteiger partial charge in [0.25, 0.3) is 0 Å². The van der Waals surface area contributed by atoms with E-state index in [0.29, 0.717) is 17.9 Å². The van der Waals surface area contributed by atoms with Gasteiger partial charge in [-0.25, -0.2) is 0 Å². The number of primary amides is 1. The lowest BCUT2D eigenvalue weighted by Crippen LogP contribution is -2.27. The van der Waals surface area contributed by atoms with Crippen molar-refractivity contribution < 1.29 is 19.4 Å². The highest BCUT2D eigenvalue weighted by molar-refractivity contribution is 6.01. The van der Waals surface area contributed by atoms with Crippen molar-refractivity contribution in [2.24, 2.45) is 5.73 Å². The van der Waals surface area contributed by atoms with Crippen molar-refractivity contribution in [1.29, 1.82) is 0 Å². The summed E-state index contributed by atoms with van der Waals surface area (Å²) in [6.07, 6.45) is 0. The first-order valence-corrected chi connectivity index (χ1v) is 4.81. The second-order valence-corrected chi connectivity index (χ2v) is 3.18. The molecule has 0 heterocycles. The molecule has 0 aliphatic carbocycles. The number of hydrogen-bond acceptors (Lipinski definition) is 3. The van der Waals surface area contributed by atoms with Crippen molar-refractivity contribution >= 4 is 11.9 Å². The molecule has 0 aliphatic rings. The molecular formula is C11H13NO4. The molecular weight excluding hydrogens is 210 g/mol. The van der Waals surface area contributed by atoms with Crippen LogP contribution < -0.4 is 10.5 Å². The molecule has 5 heteroatoms. The predicted molar refractivity (Wildman–Crippen MR) is 57.2 cm³/mol. The number of benzene rings is 1. The first-order valence-electron chi connectivity index (χ1n) is 4.81. The zero-order valence-electron chi connectivity index (χ0n) is 8.84. The van der Waals surface area contributed by atoms with E-state index in [4.69, 9.17) is 15.6 Å². The normalized spacial score (nSPS) is 11.8. The molecule has 1 aromatic rings. The number of carboxylic acid groups (broad SMARTS) is 1. The average Bonchev–Trinajstić information content (AvgIpc) is 2.20. The van der Waals surface area contributed by atoms with E-state index in [-0.39, 0.29) is 0 Å². The van der Waals surface area contributed by atoms with Crippen LogP contribution in [0, 0.1) is 0 Å². The van der Waals surface area contributed by atoms with Gasteiger partial charge in [-0.2, -0.15) is 0 Å². The summed E-state index contributed by atoms with van der Waals surface area (Å²) in [5.41, 5.74) is 5.37. The van der Waals surface area contributed by atoms with Crippen LogP contribution in [0.2, 0.25) is 0 Å². The van der Waals surface area contributed by atoms with Gasteiger partial charge in [-0.1, -0.05) is 12.1 Å². The summed E-state index contributed by atoms with van der Waals surface area (Å²) in [5.74, 6) is -2.82. The lowest BCUT2D eigenvalue weighted by molar-refractivity contribution is -0.142. The predicted octanol–water partition coefficient (Wildman–Crippen LogP) is 0.739. The van der Waals surface area contributed by atoms with Gasteiger partial charge in [0.15, 0.2) is 5.92 Å². The van der Waals surface area contributed by atoms with Crippen molar-refractivity contribution in [1.82, 2.24) is 0 Å². The first kappa shape index (κ1) is 12.0. The Hall–Kier alpha value is -2.04. The summed E-state index contributed by atoms with van der Waals surface area (Å²) >= 11 is 0. The molecule has 16 heavy (non-hydrogen) atoms. The van der Waals surface area contributed by atoms with Gasteiger partial charge >= 0.3 is 5.97 Å². The van der Waals surface area contributed by atoms with E-state index in [0.717, 1.165) is 0 Å². The Morgan fingerprint density at radius 1 is 1.38 bits per heavy atom. The minimum absolute atomic E-state index is 0.350. The minimum atomic E-state index is -1.31.